The van der Waals surface area contributed by atoms with E-state index in [4.69, 9.17) is 0 Å². The van der Waals surface area contributed by atoms with E-state index in [-0.39, 0.29) is 23.4 Å². The molecule has 1 saturated heterocycles. The molecule has 26 heavy (non-hydrogen) atoms. The molecule has 2 aromatic rings. The first-order chi connectivity index (χ1) is 12.4. The maximum absolute atomic E-state index is 12.9. The summed E-state index contributed by atoms with van der Waals surface area (Å²) < 4.78 is 2.06. The molecule has 0 atom stereocenters. The van der Waals surface area contributed by atoms with E-state index in [1.807, 2.05) is 42.4 Å². The Balaban J connectivity index is 1.39. The quantitative estimate of drug-likeness (QED) is 0.901. The summed E-state index contributed by atoms with van der Waals surface area (Å²) in [7, 11) is 5.52. The van der Waals surface area contributed by atoms with Gasteiger partial charge in [0.15, 0.2) is 0 Å². The van der Waals surface area contributed by atoms with Gasteiger partial charge in [0.05, 0.1) is 0 Å². The van der Waals surface area contributed by atoms with Gasteiger partial charge in [0, 0.05) is 62.9 Å². The smallest absolute Gasteiger partial charge is 0.317 e. The van der Waals surface area contributed by atoms with Gasteiger partial charge in [-0.2, -0.15) is 0 Å². The lowest BCUT2D eigenvalue weighted by molar-refractivity contribution is 0.0665. The minimum atomic E-state index is -0.0352. The molecule has 0 radical (unpaired) electrons. The molecular weight excluding hydrogens is 328 g/mol. The van der Waals surface area contributed by atoms with E-state index >= 15 is 0 Å². The Bertz CT molecular complexity index is 864. The van der Waals surface area contributed by atoms with Gasteiger partial charge in [-0.05, 0) is 48.9 Å². The first-order valence-corrected chi connectivity index (χ1v) is 9.19. The zero-order valence-corrected chi connectivity index (χ0v) is 15.7. The van der Waals surface area contributed by atoms with Gasteiger partial charge >= 0.3 is 6.03 Å². The highest BCUT2D eigenvalue weighted by Crippen LogP contribution is 2.48. The third-order valence-electron chi connectivity index (χ3n) is 5.95. The largest absolute Gasteiger partial charge is 0.351 e. The first-order valence-electron chi connectivity index (χ1n) is 9.19. The molecule has 1 aromatic carbocycles. The molecule has 138 valence electrons. The molecule has 1 spiro atoms. The fourth-order valence-corrected chi connectivity index (χ4v) is 4.43. The number of urea groups is 1. The number of fused-ring (bicyclic) bond motifs is 1. The second-order valence-electron chi connectivity index (χ2n) is 8.13. The lowest BCUT2D eigenvalue weighted by Crippen LogP contribution is -2.54. The summed E-state index contributed by atoms with van der Waals surface area (Å²) in [4.78, 5) is 28.2. The van der Waals surface area contributed by atoms with Gasteiger partial charge in [-0.25, -0.2) is 4.79 Å². The molecule has 4 rings (SSSR count). The monoisotopic (exact) mass is 354 g/mol. The Hall–Kier alpha value is -2.50. The minimum absolute atomic E-state index is 0.0352. The van der Waals surface area contributed by atoms with Crippen LogP contribution in [-0.4, -0.2) is 59.5 Å². The van der Waals surface area contributed by atoms with E-state index in [0.717, 1.165) is 48.8 Å². The van der Waals surface area contributed by atoms with E-state index in [0.29, 0.717) is 0 Å². The standard InChI is InChI=1S/C20H26N4O2/c1-22(2)19(26)21-16-11-20(12-16)7-9-24(13-20)18(25)15-4-5-17-14(10-15)6-8-23(17)3/h4-6,8,10,16H,7,9,11-13H2,1-3H3,(H,21,26). The highest BCUT2D eigenvalue weighted by Gasteiger charge is 2.49. The second kappa shape index (κ2) is 6.04. The van der Waals surface area contributed by atoms with Crippen LogP contribution in [0.4, 0.5) is 4.79 Å². The number of hydrogen-bond acceptors (Lipinski definition) is 2. The van der Waals surface area contributed by atoms with Crippen molar-refractivity contribution in [2.45, 2.75) is 25.3 Å². The maximum atomic E-state index is 12.9. The van der Waals surface area contributed by atoms with E-state index in [2.05, 4.69) is 9.88 Å². The molecule has 1 saturated carbocycles. The van der Waals surface area contributed by atoms with Crippen molar-refractivity contribution in [1.82, 2.24) is 19.7 Å². The van der Waals surface area contributed by atoms with Crippen LogP contribution in [0.3, 0.4) is 0 Å². The topological polar surface area (TPSA) is 57.6 Å². The second-order valence-corrected chi connectivity index (χ2v) is 8.13. The summed E-state index contributed by atoms with van der Waals surface area (Å²) in [6.07, 6.45) is 4.98. The van der Waals surface area contributed by atoms with Crippen molar-refractivity contribution in [1.29, 1.82) is 0 Å². The zero-order chi connectivity index (χ0) is 18.5. The van der Waals surface area contributed by atoms with Gasteiger partial charge in [-0.3, -0.25) is 4.79 Å². The number of hydrogen-bond donors (Lipinski definition) is 1. The summed E-state index contributed by atoms with van der Waals surface area (Å²) in [5.74, 6) is 0.119. The molecule has 1 aliphatic carbocycles. The van der Waals surface area contributed by atoms with Gasteiger partial charge < -0.3 is 19.7 Å². The van der Waals surface area contributed by atoms with E-state index in [1.54, 1.807) is 19.0 Å². The molecule has 2 fully saturated rings. The van der Waals surface area contributed by atoms with Crippen LogP contribution in [0, 0.1) is 5.41 Å². The normalized spacial score (nSPS) is 24.7. The van der Waals surface area contributed by atoms with E-state index in [9.17, 15) is 9.59 Å². The van der Waals surface area contributed by atoms with Crippen LogP contribution in [0.15, 0.2) is 30.5 Å². The van der Waals surface area contributed by atoms with Crippen LogP contribution < -0.4 is 5.32 Å². The van der Waals surface area contributed by atoms with Gasteiger partial charge in [0.1, 0.15) is 0 Å². The maximum Gasteiger partial charge on any atom is 0.317 e. The van der Waals surface area contributed by atoms with Gasteiger partial charge in [-0.1, -0.05) is 0 Å². The number of rotatable bonds is 2. The van der Waals surface area contributed by atoms with Crippen molar-refractivity contribution in [2.75, 3.05) is 27.2 Å². The molecule has 3 amide bonds. The molecular formula is C20H26N4O2. The van der Waals surface area contributed by atoms with Crippen molar-refractivity contribution in [3.8, 4) is 0 Å². The fourth-order valence-electron chi connectivity index (χ4n) is 4.43. The Labute approximate surface area is 153 Å². The van der Waals surface area contributed by atoms with Crippen molar-refractivity contribution < 1.29 is 9.59 Å². The average Bonchev–Trinajstić information content (AvgIpc) is 3.18. The number of carbonyl (C=O) groups is 2. The molecule has 0 unspecified atom stereocenters. The number of nitrogens with zero attached hydrogens (tertiary/aromatic N) is 3. The number of benzene rings is 1. The number of amides is 3. The molecule has 1 N–H and O–H groups in total. The minimum Gasteiger partial charge on any atom is -0.351 e. The Morgan fingerprint density at radius 1 is 1.23 bits per heavy atom. The third-order valence-corrected chi connectivity index (χ3v) is 5.95. The predicted molar refractivity (Wildman–Crippen MR) is 101 cm³/mol. The van der Waals surface area contributed by atoms with Crippen molar-refractivity contribution in [2.24, 2.45) is 12.5 Å². The van der Waals surface area contributed by atoms with Crippen LogP contribution in [0.5, 0.6) is 0 Å². The summed E-state index contributed by atoms with van der Waals surface area (Å²) in [6, 6.07) is 8.18. The van der Waals surface area contributed by atoms with Crippen LogP contribution in [0.25, 0.3) is 10.9 Å². The number of nitrogens with one attached hydrogen (secondary N) is 1. The van der Waals surface area contributed by atoms with Crippen molar-refractivity contribution in [3.05, 3.63) is 36.0 Å². The lowest BCUT2D eigenvalue weighted by Gasteiger charge is -2.45. The van der Waals surface area contributed by atoms with E-state index < -0.39 is 0 Å². The fraction of sp³-hybridized carbons (Fsp3) is 0.500. The van der Waals surface area contributed by atoms with E-state index in [1.165, 1.54) is 0 Å². The molecule has 1 aliphatic heterocycles. The van der Waals surface area contributed by atoms with Crippen LogP contribution >= 0.6 is 0 Å². The average molecular weight is 354 g/mol. The highest BCUT2D eigenvalue weighted by atomic mass is 16.2. The molecule has 1 aromatic heterocycles. The Morgan fingerprint density at radius 2 is 2.00 bits per heavy atom. The summed E-state index contributed by atoms with van der Waals surface area (Å²) >= 11 is 0. The third kappa shape index (κ3) is 2.83. The van der Waals surface area contributed by atoms with Crippen LogP contribution in [0.2, 0.25) is 0 Å². The summed E-state index contributed by atoms with van der Waals surface area (Å²) in [5.41, 5.74) is 2.09. The zero-order valence-electron chi connectivity index (χ0n) is 15.7. The summed E-state index contributed by atoms with van der Waals surface area (Å²) in [6.45, 7) is 1.60. The van der Waals surface area contributed by atoms with Crippen molar-refractivity contribution in [3.63, 3.8) is 0 Å². The van der Waals surface area contributed by atoms with Crippen LogP contribution in [-0.2, 0) is 7.05 Å². The molecule has 0 bridgehead atoms. The number of likely N-dealkylation sites (tertiary alicyclic amines) is 1. The molecule has 6 heteroatoms. The number of carbonyl (C=O) groups excluding carboxylic acids is 2. The SMILES string of the molecule is CN(C)C(=O)NC1CC2(CCN(C(=O)c3ccc4c(ccn4C)c3)C2)C1. The number of aromatic nitrogens is 1. The molecule has 2 aliphatic rings. The van der Waals surface area contributed by atoms with Crippen LogP contribution in [0.1, 0.15) is 29.6 Å². The van der Waals surface area contributed by atoms with Gasteiger partial charge in [-0.15, -0.1) is 0 Å². The van der Waals surface area contributed by atoms with Gasteiger partial charge in [0.25, 0.3) is 5.91 Å². The predicted octanol–water partition coefficient (Wildman–Crippen LogP) is 2.44. The molecule has 2 heterocycles. The van der Waals surface area contributed by atoms with Gasteiger partial charge in [0.2, 0.25) is 0 Å². The molecule has 6 nitrogen and oxygen atoms in total. The first kappa shape index (κ1) is 16.9. The number of aryl methyl sites for hydroxylation is 1. The Kier molecular flexibility index (Phi) is 3.93. The lowest BCUT2D eigenvalue weighted by atomic mass is 9.65. The van der Waals surface area contributed by atoms with Crippen molar-refractivity contribution >= 4 is 22.8 Å². The Morgan fingerprint density at radius 3 is 2.73 bits per heavy atom. The highest BCUT2D eigenvalue weighted by molar-refractivity contribution is 5.98. The summed E-state index contributed by atoms with van der Waals surface area (Å²) in [5, 5.41) is 4.15.